The van der Waals surface area contributed by atoms with Crippen LogP contribution < -0.4 is 0 Å². The van der Waals surface area contributed by atoms with Crippen molar-refractivity contribution in [2.24, 2.45) is 0 Å². The van der Waals surface area contributed by atoms with Gasteiger partial charge in [-0.05, 0) is 18.2 Å². The third-order valence-corrected chi connectivity index (χ3v) is 8.15. The van der Waals surface area contributed by atoms with Gasteiger partial charge in [0.25, 0.3) is 0 Å². The normalized spacial score (nSPS) is 22.5. The van der Waals surface area contributed by atoms with Crippen LogP contribution in [0.2, 0.25) is 5.02 Å². The first-order chi connectivity index (χ1) is 18.9. The molecule has 1 aliphatic rings. The highest BCUT2D eigenvalue weighted by Gasteiger charge is 2.52. The molecule has 5 atom stereocenters. The number of benzene rings is 1. The van der Waals surface area contributed by atoms with Crippen LogP contribution in [0.5, 0.6) is 0 Å². The van der Waals surface area contributed by atoms with E-state index in [1.54, 1.807) is 11.4 Å². The fourth-order valence-corrected chi connectivity index (χ4v) is 6.50. The molecule has 10 nitrogen and oxygen atoms in total. The van der Waals surface area contributed by atoms with Gasteiger partial charge in [-0.2, -0.15) is 0 Å². The summed E-state index contributed by atoms with van der Waals surface area (Å²) in [5.74, 6) is -6.56. The lowest BCUT2D eigenvalue weighted by Crippen LogP contribution is -2.57. The second-order valence-corrected chi connectivity index (χ2v) is 11.3. The van der Waals surface area contributed by atoms with E-state index in [9.17, 15) is 27.6 Å². The number of carbonyl (C=O) groups excluding carboxylic acids is 3. The molecule has 1 aliphatic heterocycles. The first-order valence-corrected chi connectivity index (χ1v) is 13.7. The first-order valence-electron chi connectivity index (χ1n) is 11.5. The minimum atomic E-state index is -1.65. The largest absolute Gasteiger partial charge is 0.463 e. The van der Waals surface area contributed by atoms with Gasteiger partial charge in [-0.15, -0.1) is 16.4 Å². The number of carbonyl (C=O) groups is 3. The number of thiophene rings is 1. The molecule has 40 heavy (non-hydrogen) atoms. The molecule has 0 aliphatic carbocycles. The van der Waals surface area contributed by atoms with Gasteiger partial charge < -0.3 is 18.9 Å². The van der Waals surface area contributed by atoms with Crippen molar-refractivity contribution in [1.82, 2.24) is 15.0 Å². The van der Waals surface area contributed by atoms with Crippen LogP contribution in [0.25, 0.3) is 11.3 Å². The van der Waals surface area contributed by atoms with Gasteiger partial charge in [0.2, 0.25) is 0 Å². The molecule has 3 aromatic rings. The van der Waals surface area contributed by atoms with E-state index in [4.69, 9.17) is 30.5 Å². The summed E-state index contributed by atoms with van der Waals surface area (Å²) < 4.78 is 65.7. The van der Waals surface area contributed by atoms with Crippen LogP contribution in [-0.2, 0) is 33.3 Å². The van der Waals surface area contributed by atoms with E-state index in [-0.39, 0.29) is 17.9 Å². The summed E-state index contributed by atoms with van der Waals surface area (Å²) >= 11 is 8.52. The summed E-state index contributed by atoms with van der Waals surface area (Å²) in [6, 6.07) is 2.04. The van der Waals surface area contributed by atoms with Crippen molar-refractivity contribution in [1.29, 1.82) is 0 Å². The third kappa shape index (κ3) is 6.95. The Morgan fingerprint density at radius 3 is 2.27 bits per heavy atom. The molecule has 0 spiro atoms. The molecule has 1 saturated heterocycles. The molecule has 0 radical (unpaired) electrons. The van der Waals surface area contributed by atoms with Crippen LogP contribution in [-0.4, -0.2) is 63.3 Å². The number of hydrogen-bond donors (Lipinski definition) is 0. The average Bonchev–Trinajstić information content (AvgIpc) is 3.51. The Kier molecular flexibility index (Phi) is 9.38. The van der Waals surface area contributed by atoms with E-state index < -0.39 is 65.1 Å². The predicted molar refractivity (Wildman–Crippen MR) is 136 cm³/mol. The van der Waals surface area contributed by atoms with Crippen LogP contribution >= 0.6 is 34.7 Å². The lowest BCUT2D eigenvalue weighted by atomic mass is 9.96. The lowest BCUT2D eigenvalue weighted by Gasteiger charge is -2.44. The zero-order valence-electron chi connectivity index (χ0n) is 21.0. The minimum absolute atomic E-state index is 0.0572. The maximum absolute atomic E-state index is 13.9. The zero-order chi connectivity index (χ0) is 29.1. The van der Waals surface area contributed by atoms with Crippen LogP contribution in [0.1, 0.15) is 26.8 Å². The molecule has 214 valence electrons. The van der Waals surface area contributed by atoms with Crippen LogP contribution in [0.15, 0.2) is 34.0 Å². The van der Waals surface area contributed by atoms with E-state index >= 15 is 0 Å². The smallest absolute Gasteiger partial charge is 0.303 e. The predicted octanol–water partition coefficient (Wildman–Crippen LogP) is 4.56. The molecule has 0 N–H and O–H groups in total. The molecule has 0 amide bonds. The van der Waals surface area contributed by atoms with Crippen LogP contribution in [0, 0.1) is 17.5 Å². The summed E-state index contributed by atoms with van der Waals surface area (Å²) in [6.45, 7) is 3.16. The SMILES string of the molecule is CC(=O)OCC1OC(Sc2cc(Cl)cs2)C(OC(C)=O)C(n2cc(-c3cc(F)c(F)c(F)c3)nn2)C1OC(C)=O. The van der Waals surface area contributed by atoms with Gasteiger partial charge in [0, 0.05) is 31.7 Å². The van der Waals surface area contributed by atoms with Gasteiger partial charge in [0.1, 0.15) is 29.9 Å². The van der Waals surface area contributed by atoms with Gasteiger partial charge in [-0.25, -0.2) is 17.9 Å². The van der Waals surface area contributed by atoms with Gasteiger partial charge in [-0.3, -0.25) is 14.4 Å². The molecule has 16 heteroatoms. The minimum Gasteiger partial charge on any atom is -0.463 e. The number of thioether (sulfide) groups is 1. The molecular weight excluding hydrogens is 599 g/mol. The van der Waals surface area contributed by atoms with Crippen molar-refractivity contribution >= 4 is 52.6 Å². The number of halogens is 4. The lowest BCUT2D eigenvalue weighted by molar-refractivity contribution is -0.212. The standard InChI is InChI=1S/C24H21ClF3N3O7S2/c1-10(32)35-8-18-22(36-11(2)33)21(23(37-12(3)34)24(38-18)40-19-6-14(25)9-39-19)31-7-17(29-30-31)13-4-15(26)20(28)16(27)5-13/h4-7,9,18,21-24H,8H2,1-3H3. The number of hydrogen-bond acceptors (Lipinski definition) is 11. The van der Waals surface area contributed by atoms with Gasteiger partial charge >= 0.3 is 17.9 Å². The second kappa shape index (κ2) is 12.6. The van der Waals surface area contributed by atoms with Crippen molar-refractivity contribution in [3.63, 3.8) is 0 Å². The molecule has 5 unspecified atom stereocenters. The van der Waals surface area contributed by atoms with E-state index in [1.165, 1.54) is 36.1 Å². The van der Waals surface area contributed by atoms with E-state index in [0.29, 0.717) is 9.23 Å². The zero-order valence-corrected chi connectivity index (χ0v) is 23.4. The Hall–Kier alpha value is -3.14. The molecule has 0 bridgehead atoms. The average molecular weight is 620 g/mol. The van der Waals surface area contributed by atoms with Crippen molar-refractivity contribution in [3.8, 4) is 11.3 Å². The third-order valence-electron chi connectivity index (χ3n) is 5.54. The summed E-state index contributed by atoms with van der Waals surface area (Å²) in [5, 5.41) is 10.1. The fourth-order valence-electron chi connectivity index (χ4n) is 4.01. The monoisotopic (exact) mass is 619 g/mol. The van der Waals surface area contributed by atoms with E-state index in [1.807, 2.05) is 0 Å². The summed E-state index contributed by atoms with van der Waals surface area (Å²) in [5.41, 5.74) is -1.14. The van der Waals surface area contributed by atoms with Crippen molar-refractivity contribution in [2.75, 3.05) is 6.61 Å². The number of ether oxygens (including phenoxy) is 4. The van der Waals surface area contributed by atoms with Gasteiger partial charge in [-0.1, -0.05) is 28.6 Å². The van der Waals surface area contributed by atoms with Crippen molar-refractivity contribution in [3.05, 3.63) is 52.3 Å². The molecule has 1 fully saturated rings. The Morgan fingerprint density at radius 1 is 1.05 bits per heavy atom. The maximum atomic E-state index is 13.9. The number of aromatic nitrogens is 3. The molecule has 0 saturated carbocycles. The summed E-state index contributed by atoms with van der Waals surface area (Å²) in [6.07, 6.45) is -2.20. The van der Waals surface area contributed by atoms with Crippen molar-refractivity contribution in [2.45, 2.75) is 54.8 Å². The van der Waals surface area contributed by atoms with E-state index in [2.05, 4.69) is 10.3 Å². The Morgan fingerprint density at radius 2 is 1.70 bits per heavy atom. The molecule has 4 rings (SSSR count). The fraction of sp³-hybridized carbons (Fsp3) is 0.375. The van der Waals surface area contributed by atoms with Gasteiger partial charge in [0.15, 0.2) is 29.7 Å². The van der Waals surface area contributed by atoms with Crippen molar-refractivity contribution < 1.29 is 46.5 Å². The highest BCUT2D eigenvalue weighted by Crippen LogP contribution is 2.43. The molecule has 3 heterocycles. The Bertz CT molecular complexity index is 1400. The summed E-state index contributed by atoms with van der Waals surface area (Å²) in [7, 11) is 0. The highest BCUT2D eigenvalue weighted by molar-refractivity contribution is 8.01. The molecule has 1 aromatic carbocycles. The number of esters is 3. The molecular formula is C24H21ClF3N3O7S2. The van der Waals surface area contributed by atoms with E-state index in [0.717, 1.165) is 30.8 Å². The quantitative estimate of drug-likeness (QED) is 0.202. The maximum Gasteiger partial charge on any atom is 0.303 e. The van der Waals surface area contributed by atoms with Crippen LogP contribution in [0.4, 0.5) is 13.2 Å². The number of nitrogens with zero attached hydrogens (tertiary/aromatic N) is 3. The second-order valence-electron chi connectivity index (χ2n) is 8.52. The van der Waals surface area contributed by atoms with Crippen LogP contribution in [0.3, 0.4) is 0 Å². The summed E-state index contributed by atoms with van der Waals surface area (Å²) in [4.78, 5) is 35.9. The topological polar surface area (TPSA) is 119 Å². The highest BCUT2D eigenvalue weighted by atomic mass is 35.5. The Labute approximate surface area is 238 Å². The Balaban J connectivity index is 1.80. The molecule has 2 aromatic heterocycles. The number of rotatable bonds is 8. The first kappa shape index (κ1) is 29.8. The van der Waals surface area contributed by atoms with Gasteiger partial charge in [0.05, 0.1) is 15.4 Å².